The van der Waals surface area contributed by atoms with Crippen LogP contribution in [0.2, 0.25) is 0 Å². The maximum atomic E-state index is 13.2. The van der Waals surface area contributed by atoms with Crippen molar-refractivity contribution < 1.29 is 9.53 Å². The second-order valence-electron chi connectivity index (χ2n) is 8.03. The summed E-state index contributed by atoms with van der Waals surface area (Å²) in [5.74, 6) is 1.44. The number of nitrogens with zero attached hydrogens (tertiary/aromatic N) is 1. The number of amides is 1. The van der Waals surface area contributed by atoms with Gasteiger partial charge in [0.15, 0.2) is 0 Å². The van der Waals surface area contributed by atoms with Crippen molar-refractivity contribution in [2.24, 2.45) is 17.8 Å². The van der Waals surface area contributed by atoms with Crippen molar-refractivity contribution in [3.63, 3.8) is 0 Å². The Hall–Kier alpha value is -3.41. The highest BCUT2D eigenvalue weighted by Gasteiger charge is 2.49. The molecule has 0 spiro atoms. The summed E-state index contributed by atoms with van der Waals surface area (Å²) in [5.41, 5.74) is 1.52. The van der Waals surface area contributed by atoms with Gasteiger partial charge in [0, 0.05) is 12.5 Å². The Morgan fingerprint density at radius 1 is 1.13 bits per heavy atom. The molecule has 6 heteroatoms. The van der Waals surface area contributed by atoms with Crippen LogP contribution in [-0.4, -0.2) is 23.0 Å². The predicted molar refractivity (Wildman–Crippen MR) is 114 cm³/mol. The van der Waals surface area contributed by atoms with Gasteiger partial charge in [-0.1, -0.05) is 36.4 Å². The second kappa shape index (κ2) is 7.44. The van der Waals surface area contributed by atoms with Crippen molar-refractivity contribution >= 4 is 16.8 Å². The standard InChI is InChI=1S/C24H23N3O3/c1-30-17-10-6-14(7-11-17)13-25-24(29)21-16-9-8-15(12-16)20(21)22-26-19-5-3-2-4-18(19)23(28)27-22/h2-11,15-16,20-21H,12-13H2,1H3,(H,25,29)(H,26,27,28)/t15-,16-,20+,21+/m0/s1. The second-order valence-corrected chi connectivity index (χ2v) is 8.03. The van der Waals surface area contributed by atoms with E-state index in [4.69, 9.17) is 9.72 Å². The van der Waals surface area contributed by atoms with Gasteiger partial charge in [-0.25, -0.2) is 4.98 Å². The maximum absolute atomic E-state index is 13.2. The third-order valence-corrected chi connectivity index (χ3v) is 6.33. The van der Waals surface area contributed by atoms with E-state index < -0.39 is 0 Å². The van der Waals surface area contributed by atoms with E-state index in [1.807, 2.05) is 42.5 Å². The number of ether oxygens (including phenoxy) is 1. The van der Waals surface area contributed by atoms with Crippen molar-refractivity contribution in [3.8, 4) is 5.75 Å². The van der Waals surface area contributed by atoms with Gasteiger partial charge in [0.1, 0.15) is 11.6 Å². The molecule has 0 radical (unpaired) electrons. The van der Waals surface area contributed by atoms with E-state index in [0.717, 1.165) is 17.7 Å². The number of aromatic amines is 1. The lowest BCUT2D eigenvalue weighted by Crippen LogP contribution is -2.37. The third kappa shape index (κ3) is 3.18. The minimum absolute atomic E-state index is 0.00322. The molecule has 1 aromatic heterocycles. The molecule has 6 nitrogen and oxygen atoms in total. The van der Waals surface area contributed by atoms with Crippen LogP contribution < -0.4 is 15.6 Å². The lowest BCUT2D eigenvalue weighted by atomic mass is 9.81. The van der Waals surface area contributed by atoms with Crippen LogP contribution in [-0.2, 0) is 11.3 Å². The van der Waals surface area contributed by atoms with Gasteiger partial charge in [0.25, 0.3) is 5.56 Å². The summed E-state index contributed by atoms with van der Waals surface area (Å²) in [7, 11) is 1.63. The average Bonchev–Trinajstić information content (AvgIpc) is 3.39. The number of carbonyl (C=O) groups excluding carboxylic acids is 1. The molecule has 1 saturated carbocycles. The molecule has 2 aliphatic carbocycles. The molecule has 0 saturated heterocycles. The minimum Gasteiger partial charge on any atom is -0.497 e. The van der Waals surface area contributed by atoms with Crippen LogP contribution in [0.3, 0.4) is 0 Å². The Morgan fingerprint density at radius 3 is 2.70 bits per heavy atom. The summed E-state index contributed by atoms with van der Waals surface area (Å²) in [4.78, 5) is 33.4. The summed E-state index contributed by atoms with van der Waals surface area (Å²) in [5, 5.41) is 3.65. The van der Waals surface area contributed by atoms with E-state index in [-0.39, 0.29) is 35.1 Å². The molecular weight excluding hydrogens is 378 g/mol. The number of rotatable bonds is 5. The van der Waals surface area contributed by atoms with Crippen molar-refractivity contribution in [1.29, 1.82) is 0 Å². The molecule has 2 aliphatic rings. The number of H-pyrrole nitrogens is 1. The summed E-state index contributed by atoms with van der Waals surface area (Å²) < 4.78 is 5.18. The van der Waals surface area contributed by atoms with Gasteiger partial charge in [0.2, 0.25) is 5.91 Å². The molecule has 5 rings (SSSR count). The quantitative estimate of drug-likeness (QED) is 0.644. The molecule has 30 heavy (non-hydrogen) atoms. The van der Waals surface area contributed by atoms with Gasteiger partial charge in [-0.3, -0.25) is 9.59 Å². The molecule has 1 fully saturated rings. The van der Waals surface area contributed by atoms with Crippen molar-refractivity contribution in [1.82, 2.24) is 15.3 Å². The molecule has 0 unspecified atom stereocenters. The number of nitrogens with one attached hydrogen (secondary N) is 2. The summed E-state index contributed by atoms with van der Waals surface area (Å²) in [6.45, 7) is 0.453. The Balaban J connectivity index is 1.40. The predicted octanol–water partition coefficient (Wildman–Crippen LogP) is 3.15. The van der Waals surface area contributed by atoms with Gasteiger partial charge in [-0.15, -0.1) is 0 Å². The number of methoxy groups -OCH3 is 1. The van der Waals surface area contributed by atoms with Crippen molar-refractivity contribution in [2.45, 2.75) is 18.9 Å². The number of hydrogen-bond donors (Lipinski definition) is 2. The molecule has 0 aliphatic heterocycles. The number of hydrogen-bond acceptors (Lipinski definition) is 4. The fraction of sp³-hybridized carbons (Fsp3) is 0.292. The Morgan fingerprint density at radius 2 is 1.90 bits per heavy atom. The van der Waals surface area contributed by atoms with Crippen LogP contribution >= 0.6 is 0 Å². The topological polar surface area (TPSA) is 84.1 Å². The summed E-state index contributed by atoms with van der Waals surface area (Å²) in [6, 6.07) is 15.0. The summed E-state index contributed by atoms with van der Waals surface area (Å²) in [6.07, 6.45) is 5.22. The van der Waals surface area contributed by atoms with Crippen LogP contribution in [0.15, 0.2) is 65.5 Å². The lowest BCUT2D eigenvalue weighted by molar-refractivity contribution is -0.126. The number of carbonyl (C=O) groups is 1. The molecule has 1 heterocycles. The maximum Gasteiger partial charge on any atom is 0.258 e. The van der Waals surface area contributed by atoms with Gasteiger partial charge in [0.05, 0.1) is 23.9 Å². The van der Waals surface area contributed by atoms with Gasteiger partial charge >= 0.3 is 0 Å². The van der Waals surface area contributed by atoms with Crippen LogP contribution in [0.4, 0.5) is 0 Å². The highest BCUT2D eigenvalue weighted by Crippen LogP contribution is 2.52. The van der Waals surface area contributed by atoms with E-state index >= 15 is 0 Å². The first-order chi connectivity index (χ1) is 14.6. The largest absolute Gasteiger partial charge is 0.497 e. The molecule has 2 bridgehead atoms. The first kappa shape index (κ1) is 18.6. The van der Waals surface area contributed by atoms with Gasteiger partial charge in [-0.2, -0.15) is 0 Å². The number of benzene rings is 2. The number of aromatic nitrogens is 2. The normalized spacial score (nSPS) is 24.3. The van der Waals surface area contributed by atoms with Crippen LogP contribution in [0.5, 0.6) is 5.75 Å². The average molecular weight is 401 g/mol. The Kier molecular flexibility index (Phi) is 4.62. The highest BCUT2D eigenvalue weighted by molar-refractivity contribution is 5.82. The SMILES string of the molecule is COc1ccc(CNC(=O)[C@H]2[C@H](c3nc4ccccc4c(=O)[nH]3)[C@H]3C=C[C@H]2C3)cc1. The first-order valence-electron chi connectivity index (χ1n) is 10.2. The van der Waals surface area contributed by atoms with E-state index in [1.54, 1.807) is 13.2 Å². The van der Waals surface area contributed by atoms with E-state index in [2.05, 4.69) is 22.5 Å². The van der Waals surface area contributed by atoms with E-state index in [9.17, 15) is 9.59 Å². The smallest absolute Gasteiger partial charge is 0.258 e. The number of fused-ring (bicyclic) bond motifs is 3. The van der Waals surface area contributed by atoms with Gasteiger partial charge < -0.3 is 15.0 Å². The number of para-hydroxylation sites is 1. The van der Waals surface area contributed by atoms with Crippen LogP contribution in [0.25, 0.3) is 10.9 Å². The Bertz CT molecular complexity index is 1180. The van der Waals surface area contributed by atoms with E-state index in [1.165, 1.54) is 0 Å². The monoisotopic (exact) mass is 401 g/mol. The minimum atomic E-state index is -0.234. The fourth-order valence-electron chi connectivity index (χ4n) is 4.87. The highest BCUT2D eigenvalue weighted by atomic mass is 16.5. The van der Waals surface area contributed by atoms with Crippen LogP contribution in [0, 0.1) is 17.8 Å². The molecule has 2 N–H and O–H groups in total. The molecule has 3 aromatic rings. The molecule has 1 amide bonds. The summed E-state index contributed by atoms with van der Waals surface area (Å²) >= 11 is 0. The zero-order valence-corrected chi connectivity index (χ0v) is 16.7. The fourth-order valence-corrected chi connectivity index (χ4v) is 4.87. The zero-order chi connectivity index (χ0) is 20.7. The number of allylic oxidation sites excluding steroid dienone is 2. The lowest BCUT2D eigenvalue weighted by Gasteiger charge is -2.26. The molecule has 152 valence electrons. The first-order valence-corrected chi connectivity index (χ1v) is 10.2. The third-order valence-electron chi connectivity index (χ3n) is 6.33. The van der Waals surface area contributed by atoms with E-state index in [0.29, 0.717) is 23.3 Å². The molecule has 4 atom stereocenters. The Labute approximate surface area is 174 Å². The van der Waals surface area contributed by atoms with Crippen molar-refractivity contribution in [2.75, 3.05) is 7.11 Å². The zero-order valence-electron chi connectivity index (χ0n) is 16.7. The van der Waals surface area contributed by atoms with Crippen molar-refractivity contribution in [3.05, 3.63) is 82.4 Å². The van der Waals surface area contributed by atoms with Gasteiger partial charge in [-0.05, 0) is 48.1 Å². The molecule has 2 aromatic carbocycles. The molecular formula is C24H23N3O3. The van der Waals surface area contributed by atoms with Crippen LogP contribution in [0.1, 0.15) is 23.7 Å².